The standard InChI is InChI=1S/C40H65NO5/c1-24(2)28-21-26(16-20-41-25(3)42)27-13-18-39(9)29(35(27)28)11-12-31-38(8)17-15-32(37(6,7)30(38)14-19-40(31,39)10)46-34(45)23-36(4,5)22-33(43)44/h26-32,35H,1,11-23H2,2-10H3,(H,41,42)(H,43,44)/t26-,27?,28+,29-,30+,31-,32+,35-,38+,39-,40-/m1/s1. The molecule has 6 heteroatoms. The van der Waals surface area contributed by atoms with Crippen LogP contribution in [0.25, 0.3) is 0 Å². The largest absolute Gasteiger partial charge is 0.481 e. The predicted molar refractivity (Wildman–Crippen MR) is 183 cm³/mol. The Bertz CT molecular complexity index is 1220. The second-order valence-electron chi connectivity index (χ2n) is 18.9. The molecule has 1 unspecified atom stereocenters. The van der Waals surface area contributed by atoms with Crippen LogP contribution in [-0.2, 0) is 19.1 Å². The van der Waals surface area contributed by atoms with Gasteiger partial charge in [0.15, 0.2) is 0 Å². The lowest BCUT2D eigenvalue weighted by Gasteiger charge is -2.72. The summed E-state index contributed by atoms with van der Waals surface area (Å²) < 4.78 is 6.25. The third-order valence-electron chi connectivity index (χ3n) is 15.5. The minimum absolute atomic E-state index is 0.0384. The van der Waals surface area contributed by atoms with Gasteiger partial charge in [0, 0.05) is 18.9 Å². The summed E-state index contributed by atoms with van der Waals surface area (Å²) in [6.07, 6.45) is 11.9. The van der Waals surface area contributed by atoms with Crippen molar-refractivity contribution in [2.24, 2.45) is 68.5 Å². The van der Waals surface area contributed by atoms with E-state index in [4.69, 9.17) is 4.74 Å². The Morgan fingerprint density at radius 1 is 0.891 bits per heavy atom. The van der Waals surface area contributed by atoms with Gasteiger partial charge in [0.05, 0.1) is 12.8 Å². The Morgan fingerprint density at radius 2 is 1.57 bits per heavy atom. The number of carboxylic acid groups (broad SMARTS) is 1. The molecule has 5 rings (SSSR count). The molecule has 11 atom stereocenters. The first-order valence-electron chi connectivity index (χ1n) is 18.6. The SMILES string of the molecule is C=C(C)[C@@H]1C[C@@H](CCNC(C)=O)C2CC[C@]3(C)[C@H](CC[C@@H]4[C@@]5(C)CC[C@H](OC(=O)CC(C)(C)CC(=O)O)C(C)(C)[C@@H]5CC[C@]43C)[C@H]21. The van der Waals surface area contributed by atoms with Crippen LogP contribution in [0.2, 0.25) is 0 Å². The van der Waals surface area contributed by atoms with Crippen molar-refractivity contribution in [3.05, 3.63) is 12.2 Å². The van der Waals surface area contributed by atoms with Gasteiger partial charge in [0.2, 0.25) is 5.91 Å². The molecule has 2 N–H and O–H groups in total. The highest BCUT2D eigenvalue weighted by molar-refractivity contribution is 5.73. The third kappa shape index (κ3) is 5.88. The lowest BCUT2D eigenvalue weighted by molar-refractivity contribution is -0.245. The Balaban J connectivity index is 1.35. The average Bonchev–Trinajstić information content (AvgIpc) is 3.28. The van der Waals surface area contributed by atoms with Gasteiger partial charge in [0.1, 0.15) is 6.10 Å². The zero-order valence-electron chi connectivity index (χ0n) is 30.6. The van der Waals surface area contributed by atoms with E-state index >= 15 is 0 Å². The molecule has 0 heterocycles. The molecule has 5 aliphatic rings. The molecular formula is C40H65NO5. The number of amides is 1. The first-order valence-corrected chi connectivity index (χ1v) is 18.6. The molecule has 0 aromatic rings. The van der Waals surface area contributed by atoms with Crippen LogP contribution >= 0.6 is 0 Å². The molecular weight excluding hydrogens is 574 g/mol. The molecule has 0 aliphatic heterocycles. The molecule has 0 spiro atoms. The van der Waals surface area contributed by atoms with Crippen molar-refractivity contribution in [3.8, 4) is 0 Å². The fourth-order valence-electron chi connectivity index (χ4n) is 13.3. The van der Waals surface area contributed by atoms with Gasteiger partial charge in [-0.1, -0.05) is 60.6 Å². The van der Waals surface area contributed by atoms with Crippen molar-refractivity contribution >= 4 is 17.8 Å². The molecule has 260 valence electrons. The van der Waals surface area contributed by atoms with Crippen LogP contribution < -0.4 is 5.32 Å². The van der Waals surface area contributed by atoms with Gasteiger partial charge < -0.3 is 15.2 Å². The zero-order chi connectivity index (χ0) is 34.0. The molecule has 0 bridgehead atoms. The molecule has 0 saturated heterocycles. The van der Waals surface area contributed by atoms with Crippen LogP contribution in [0, 0.1) is 68.5 Å². The molecule has 0 aromatic heterocycles. The number of hydrogen-bond donors (Lipinski definition) is 2. The van der Waals surface area contributed by atoms with Crippen molar-refractivity contribution in [2.75, 3.05) is 6.54 Å². The summed E-state index contributed by atoms with van der Waals surface area (Å²) in [7, 11) is 0. The van der Waals surface area contributed by atoms with Crippen molar-refractivity contribution in [1.82, 2.24) is 5.32 Å². The second kappa shape index (κ2) is 12.2. The van der Waals surface area contributed by atoms with E-state index < -0.39 is 11.4 Å². The van der Waals surface area contributed by atoms with Crippen molar-refractivity contribution in [1.29, 1.82) is 0 Å². The normalized spacial score (nSPS) is 42.9. The van der Waals surface area contributed by atoms with Crippen molar-refractivity contribution < 1.29 is 24.2 Å². The summed E-state index contributed by atoms with van der Waals surface area (Å²) in [5, 5.41) is 12.4. The Morgan fingerprint density at radius 3 is 2.20 bits per heavy atom. The molecule has 1 amide bonds. The summed E-state index contributed by atoms with van der Waals surface area (Å²) in [6.45, 7) is 25.5. The quantitative estimate of drug-likeness (QED) is 0.194. The Kier molecular flexibility index (Phi) is 9.43. The predicted octanol–water partition coefficient (Wildman–Crippen LogP) is 8.83. The number of nitrogens with one attached hydrogen (secondary N) is 1. The number of allylic oxidation sites excluding steroid dienone is 1. The molecule has 5 fully saturated rings. The Labute approximate surface area is 279 Å². The number of carbonyl (C=O) groups is 3. The van der Waals surface area contributed by atoms with E-state index in [9.17, 15) is 19.5 Å². The third-order valence-corrected chi connectivity index (χ3v) is 15.5. The van der Waals surface area contributed by atoms with Crippen LogP contribution in [0.15, 0.2) is 12.2 Å². The first kappa shape index (κ1) is 35.5. The smallest absolute Gasteiger partial charge is 0.306 e. The van der Waals surface area contributed by atoms with Crippen LogP contribution in [0.3, 0.4) is 0 Å². The second-order valence-corrected chi connectivity index (χ2v) is 18.9. The maximum Gasteiger partial charge on any atom is 0.306 e. The van der Waals surface area contributed by atoms with E-state index in [1.165, 1.54) is 50.5 Å². The maximum absolute atomic E-state index is 13.2. The highest BCUT2D eigenvalue weighted by Gasteiger charge is 2.69. The lowest BCUT2D eigenvalue weighted by Crippen LogP contribution is -2.66. The van der Waals surface area contributed by atoms with E-state index in [2.05, 4.69) is 53.4 Å². The van der Waals surface area contributed by atoms with Gasteiger partial charge in [0.25, 0.3) is 0 Å². The minimum atomic E-state index is -0.876. The van der Waals surface area contributed by atoms with Crippen LogP contribution in [0.4, 0.5) is 0 Å². The fraction of sp³-hybridized carbons (Fsp3) is 0.875. The van der Waals surface area contributed by atoms with Crippen LogP contribution in [0.5, 0.6) is 0 Å². The molecule has 0 radical (unpaired) electrons. The van der Waals surface area contributed by atoms with Gasteiger partial charge in [-0.2, -0.15) is 0 Å². The lowest BCUT2D eigenvalue weighted by atomic mass is 9.33. The number of rotatable bonds is 9. The molecule has 46 heavy (non-hydrogen) atoms. The van der Waals surface area contributed by atoms with Gasteiger partial charge in [-0.25, -0.2) is 0 Å². The van der Waals surface area contributed by atoms with Crippen LogP contribution in [-0.4, -0.2) is 35.6 Å². The van der Waals surface area contributed by atoms with E-state index in [1.807, 2.05) is 13.8 Å². The molecule has 5 aliphatic carbocycles. The topological polar surface area (TPSA) is 92.7 Å². The van der Waals surface area contributed by atoms with Gasteiger partial charge >= 0.3 is 11.9 Å². The summed E-state index contributed by atoms with van der Waals surface area (Å²) in [4.78, 5) is 36.1. The summed E-state index contributed by atoms with van der Waals surface area (Å²) in [5.74, 6) is 3.53. The molecule has 0 aromatic carbocycles. The van der Waals surface area contributed by atoms with E-state index in [0.717, 1.165) is 37.6 Å². The molecule has 6 nitrogen and oxygen atoms in total. The number of esters is 1. The van der Waals surface area contributed by atoms with E-state index in [0.29, 0.717) is 35.0 Å². The first-order chi connectivity index (χ1) is 21.3. The number of carboxylic acids is 1. The fourth-order valence-corrected chi connectivity index (χ4v) is 13.3. The molecule has 5 saturated carbocycles. The number of carbonyl (C=O) groups excluding carboxylic acids is 2. The maximum atomic E-state index is 13.2. The summed E-state index contributed by atoms with van der Waals surface area (Å²) in [5.41, 5.74) is 1.40. The average molecular weight is 640 g/mol. The van der Waals surface area contributed by atoms with E-state index in [1.54, 1.807) is 6.92 Å². The van der Waals surface area contributed by atoms with E-state index in [-0.39, 0.29) is 47.1 Å². The highest BCUT2D eigenvalue weighted by Crippen LogP contribution is 2.76. The number of fused-ring (bicyclic) bond motifs is 7. The van der Waals surface area contributed by atoms with Crippen molar-refractivity contribution in [3.63, 3.8) is 0 Å². The van der Waals surface area contributed by atoms with Gasteiger partial charge in [-0.15, -0.1) is 0 Å². The number of hydrogen-bond acceptors (Lipinski definition) is 4. The van der Waals surface area contributed by atoms with Gasteiger partial charge in [-0.3, -0.25) is 14.4 Å². The van der Waals surface area contributed by atoms with Crippen LogP contribution in [0.1, 0.15) is 139 Å². The summed E-state index contributed by atoms with van der Waals surface area (Å²) in [6, 6.07) is 0. The zero-order valence-corrected chi connectivity index (χ0v) is 30.6. The summed E-state index contributed by atoms with van der Waals surface area (Å²) >= 11 is 0. The van der Waals surface area contributed by atoms with Crippen molar-refractivity contribution in [2.45, 2.75) is 145 Å². The van der Waals surface area contributed by atoms with Gasteiger partial charge in [-0.05, 0) is 134 Å². The number of aliphatic carboxylic acids is 1. The number of ether oxygens (including phenoxy) is 1. The Hall–Kier alpha value is -1.85. The highest BCUT2D eigenvalue weighted by atomic mass is 16.5. The monoisotopic (exact) mass is 639 g/mol. The minimum Gasteiger partial charge on any atom is -0.481 e.